The van der Waals surface area contributed by atoms with Crippen molar-refractivity contribution in [2.24, 2.45) is 11.3 Å². The van der Waals surface area contributed by atoms with E-state index in [9.17, 15) is 15.0 Å². The summed E-state index contributed by atoms with van der Waals surface area (Å²) >= 11 is 0. The van der Waals surface area contributed by atoms with Crippen LogP contribution in [0.25, 0.3) is 0 Å². The first kappa shape index (κ1) is 13.4. The lowest BCUT2D eigenvalue weighted by molar-refractivity contribution is -0.128. The van der Waals surface area contributed by atoms with Gasteiger partial charge in [-0.15, -0.1) is 0 Å². The van der Waals surface area contributed by atoms with Gasteiger partial charge < -0.3 is 10.2 Å². The van der Waals surface area contributed by atoms with Gasteiger partial charge in [0, 0.05) is 0 Å². The maximum atomic E-state index is 11.0. The zero-order valence-electron chi connectivity index (χ0n) is 10.5. The van der Waals surface area contributed by atoms with Crippen molar-refractivity contribution in [1.82, 2.24) is 0 Å². The van der Waals surface area contributed by atoms with E-state index in [4.69, 9.17) is 0 Å². The molecule has 0 saturated heterocycles. The van der Waals surface area contributed by atoms with Gasteiger partial charge in [0.05, 0.1) is 11.7 Å². The third-order valence-electron chi connectivity index (χ3n) is 3.78. The minimum absolute atomic E-state index is 0.0538. The predicted molar refractivity (Wildman–Crippen MR) is 63.0 cm³/mol. The fourth-order valence-corrected chi connectivity index (χ4v) is 2.72. The van der Waals surface area contributed by atoms with Crippen molar-refractivity contribution < 1.29 is 15.0 Å². The lowest BCUT2D eigenvalue weighted by Crippen LogP contribution is -2.54. The third kappa shape index (κ3) is 2.36. The van der Waals surface area contributed by atoms with Crippen molar-refractivity contribution in [3.63, 3.8) is 0 Å². The minimum atomic E-state index is -1.02. The number of allylic oxidation sites excluding steroid dienone is 1. The van der Waals surface area contributed by atoms with Gasteiger partial charge in [0.15, 0.2) is 5.78 Å². The number of hydrogen-bond donors (Lipinski definition) is 2. The highest BCUT2D eigenvalue weighted by molar-refractivity contribution is 5.87. The summed E-state index contributed by atoms with van der Waals surface area (Å²) in [6.07, 6.45) is 3.79. The zero-order valence-corrected chi connectivity index (χ0v) is 10.5. The van der Waals surface area contributed by atoms with E-state index < -0.39 is 11.0 Å². The first-order valence-electron chi connectivity index (χ1n) is 5.79. The normalized spacial score (nSPS) is 38.9. The lowest BCUT2D eigenvalue weighted by atomic mass is 9.60. The fourth-order valence-electron chi connectivity index (χ4n) is 2.72. The number of carbonyl (C=O) groups is 1. The average Bonchev–Trinajstić information content (AvgIpc) is 2.10. The van der Waals surface area contributed by atoms with E-state index in [0.717, 1.165) is 0 Å². The standard InChI is InChI=1S/C13H22O3/c1-9-7-11(15)8-12(3,4)13(9,16)6-5-10(2)14/h5-6,9,11,15-16H,7-8H2,1-4H3/b6-5+/t9-,11+,13-/m1/s1. The fraction of sp³-hybridized carbons (Fsp3) is 0.769. The van der Waals surface area contributed by atoms with Crippen molar-refractivity contribution >= 4 is 5.78 Å². The van der Waals surface area contributed by atoms with Crippen molar-refractivity contribution in [3.8, 4) is 0 Å². The van der Waals surface area contributed by atoms with Gasteiger partial charge in [-0.05, 0) is 43.3 Å². The molecule has 0 spiro atoms. The van der Waals surface area contributed by atoms with Crippen LogP contribution >= 0.6 is 0 Å². The highest BCUT2D eigenvalue weighted by Gasteiger charge is 2.50. The van der Waals surface area contributed by atoms with Crippen LogP contribution in [0.4, 0.5) is 0 Å². The molecule has 0 radical (unpaired) electrons. The molecule has 0 bridgehead atoms. The molecule has 0 heterocycles. The number of rotatable bonds is 2. The van der Waals surface area contributed by atoms with Gasteiger partial charge in [-0.25, -0.2) is 0 Å². The number of aliphatic hydroxyl groups excluding tert-OH is 1. The van der Waals surface area contributed by atoms with Gasteiger partial charge in [-0.3, -0.25) is 4.79 Å². The van der Waals surface area contributed by atoms with Crippen LogP contribution < -0.4 is 0 Å². The molecule has 1 saturated carbocycles. The van der Waals surface area contributed by atoms with Crippen molar-refractivity contribution in [1.29, 1.82) is 0 Å². The van der Waals surface area contributed by atoms with Gasteiger partial charge >= 0.3 is 0 Å². The van der Waals surface area contributed by atoms with Crippen LogP contribution in [0.1, 0.15) is 40.5 Å². The quantitative estimate of drug-likeness (QED) is 0.704. The van der Waals surface area contributed by atoms with E-state index in [1.54, 1.807) is 6.08 Å². The Morgan fingerprint density at radius 2 is 2.00 bits per heavy atom. The summed E-state index contributed by atoms with van der Waals surface area (Å²) in [7, 11) is 0. The summed E-state index contributed by atoms with van der Waals surface area (Å²) in [6.45, 7) is 7.23. The molecule has 0 aromatic carbocycles. The summed E-state index contributed by atoms with van der Waals surface area (Å²) in [6, 6.07) is 0. The second kappa shape index (κ2) is 4.30. The molecule has 3 atom stereocenters. The van der Waals surface area contributed by atoms with Crippen molar-refractivity contribution in [2.75, 3.05) is 0 Å². The summed E-state index contributed by atoms with van der Waals surface area (Å²) in [5.74, 6) is -0.121. The van der Waals surface area contributed by atoms with Crippen LogP contribution in [0.2, 0.25) is 0 Å². The van der Waals surface area contributed by atoms with Crippen molar-refractivity contribution in [3.05, 3.63) is 12.2 Å². The predicted octanol–water partition coefficient (Wildman–Crippen LogP) is 1.68. The molecule has 0 aromatic rings. The molecule has 1 aliphatic rings. The average molecular weight is 226 g/mol. The molecule has 0 unspecified atom stereocenters. The highest BCUT2D eigenvalue weighted by atomic mass is 16.3. The molecule has 1 rings (SSSR count). The minimum Gasteiger partial charge on any atom is -0.393 e. The first-order valence-corrected chi connectivity index (χ1v) is 5.79. The first-order chi connectivity index (χ1) is 7.19. The Bertz CT molecular complexity index is 306. The molecule has 0 amide bonds. The second-order valence-corrected chi connectivity index (χ2v) is 5.65. The maximum absolute atomic E-state index is 11.0. The van der Waals surface area contributed by atoms with Gasteiger partial charge in [-0.1, -0.05) is 20.8 Å². The highest BCUT2D eigenvalue weighted by Crippen LogP contribution is 2.47. The van der Waals surface area contributed by atoms with E-state index in [0.29, 0.717) is 12.8 Å². The van der Waals surface area contributed by atoms with Crippen LogP contribution in [0, 0.1) is 11.3 Å². The SMILES string of the molecule is CC(=O)/C=C/[C@@]1(O)[C@H](C)C[C@H](O)CC1(C)C. The van der Waals surface area contributed by atoms with Crippen LogP contribution in [0.5, 0.6) is 0 Å². The van der Waals surface area contributed by atoms with Gasteiger partial charge in [0.2, 0.25) is 0 Å². The summed E-state index contributed by atoms with van der Waals surface area (Å²) in [5, 5.41) is 20.4. The zero-order chi connectivity index (χ0) is 12.6. The molecule has 1 aliphatic carbocycles. The monoisotopic (exact) mass is 226 g/mol. The Labute approximate surface area is 97.2 Å². The Morgan fingerprint density at radius 3 is 2.44 bits per heavy atom. The molecule has 3 heteroatoms. The van der Waals surface area contributed by atoms with E-state index in [1.807, 2.05) is 20.8 Å². The Hall–Kier alpha value is -0.670. The van der Waals surface area contributed by atoms with Gasteiger partial charge in [0.25, 0.3) is 0 Å². The maximum Gasteiger partial charge on any atom is 0.152 e. The van der Waals surface area contributed by atoms with E-state index >= 15 is 0 Å². The molecular formula is C13H22O3. The van der Waals surface area contributed by atoms with Crippen LogP contribution in [-0.2, 0) is 4.79 Å². The van der Waals surface area contributed by atoms with Crippen LogP contribution in [0.3, 0.4) is 0 Å². The topological polar surface area (TPSA) is 57.5 Å². The van der Waals surface area contributed by atoms with Crippen molar-refractivity contribution in [2.45, 2.75) is 52.2 Å². The second-order valence-electron chi connectivity index (χ2n) is 5.65. The van der Waals surface area contributed by atoms with E-state index in [1.165, 1.54) is 13.0 Å². The Kier molecular flexibility index (Phi) is 3.60. The largest absolute Gasteiger partial charge is 0.393 e. The molecule has 0 aromatic heterocycles. The van der Waals surface area contributed by atoms with Gasteiger partial charge in [0.1, 0.15) is 0 Å². The van der Waals surface area contributed by atoms with E-state index in [-0.39, 0.29) is 17.8 Å². The van der Waals surface area contributed by atoms with E-state index in [2.05, 4.69) is 0 Å². The number of carbonyl (C=O) groups excluding carboxylic acids is 1. The number of ketones is 1. The Morgan fingerprint density at radius 1 is 1.44 bits per heavy atom. The van der Waals surface area contributed by atoms with Crippen LogP contribution in [0.15, 0.2) is 12.2 Å². The third-order valence-corrected chi connectivity index (χ3v) is 3.78. The summed E-state index contributed by atoms with van der Waals surface area (Å²) in [5.41, 5.74) is -1.44. The number of hydrogen-bond acceptors (Lipinski definition) is 3. The van der Waals surface area contributed by atoms with Gasteiger partial charge in [-0.2, -0.15) is 0 Å². The summed E-state index contributed by atoms with van der Waals surface area (Å²) < 4.78 is 0. The Balaban J connectivity index is 3.02. The number of aliphatic hydroxyl groups is 2. The molecule has 2 N–H and O–H groups in total. The summed E-state index contributed by atoms with van der Waals surface area (Å²) in [4.78, 5) is 11.0. The smallest absolute Gasteiger partial charge is 0.152 e. The lowest BCUT2D eigenvalue weighted by Gasteiger charge is -2.50. The molecule has 0 aliphatic heterocycles. The molecule has 92 valence electrons. The molecule has 1 fully saturated rings. The van der Waals surface area contributed by atoms with Crippen LogP contribution in [-0.4, -0.2) is 27.7 Å². The molecule has 3 nitrogen and oxygen atoms in total. The molecule has 16 heavy (non-hydrogen) atoms. The molecular weight excluding hydrogens is 204 g/mol.